The van der Waals surface area contributed by atoms with Gasteiger partial charge in [-0.05, 0) is 46.6 Å². The van der Waals surface area contributed by atoms with Crippen LogP contribution in [0.15, 0.2) is 32.5 Å². The second-order valence-corrected chi connectivity index (χ2v) is 6.10. The molecule has 1 aliphatic heterocycles. The molecule has 0 radical (unpaired) electrons. The first-order valence-electron chi connectivity index (χ1n) is 4.51. The molecular formula is C10H10BrNO2S. The second-order valence-electron chi connectivity index (χ2n) is 3.31. The number of sulfone groups is 1. The Hall–Kier alpha value is -0.650. The van der Waals surface area contributed by atoms with Crippen molar-refractivity contribution in [2.24, 2.45) is 5.73 Å². The van der Waals surface area contributed by atoms with E-state index in [0.29, 0.717) is 27.2 Å². The summed E-state index contributed by atoms with van der Waals surface area (Å²) in [7, 11) is -3.30. The first kappa shape index (κ1) is 10.9. The number of nitrogens with two attached hydrogens (primary N) is 1. The minimum atomic E-state index is -3.30. The molecule has 80 valence electrons. The molecule has 0 bridgehead atoms. The Morgan fingerprint density at radius 2 is 2.07 bits per heavy atom. The van der Waals surface area contributed by atoms with Gasteiger partial charge in [0.05, 0.1) is 9.80 Å². The first-order valence-corrected chi connectivity index (χ1v) is 6.79. The van der Waals surface area contributed by atoms with E-state index in [1.807, 2.05) is 6.07 Å². The monoisotopic (exact) mass is 287 g/mol. The first-order chi connectivity index (χ1) is 7.07. The lowest BCUT2D eigenvalue weighted by molar-refractivity contribution is 0.601. The predicted molar refractivity (Wildman–Crippen MR) is 63.0 cm³/mol. The van der Waals surface area contributed by atoms with Gasteiger partial charge in [0.25, 0.3) is 0 Å². The maximum atomic E-state index is 12.0. The zero-order valence-electron chi connectivity index (χ0n) is 7.90. The zero-order valence-corrected chi connectivity index (χ0v) is 10.3. The van der Waals surface area contributed by atoms with Crippen LogP contribution >= 0.6 is 15.9 Å². The van der Waals surface area contributed by atoms with E-state index in [0.717, 1.165) is 5.56 Å². The molecular weight excluding hydrogens is 278 g/mol. The number of halogens is 1. The minimum Gasteiger partial charge on any atom is -0.330 e. The fourth-order valence-corrected chi connectivity index (χ4v) is 4.37. The van der Waals surface area contributed by atoms with Crippen LogP contribution in [-0.2, 0) is 9.84 Å². The molecule has 3 nitrogen and oxygen atoms in total. The Labute approximate surface area is 97.0 Å². The van der Waals surface area contributed by atoms with E-state index in [-0.39, 0.29) is 0 Å². The molecule has 0 saturated heterocycles. The average molecular weight is 288 g/mol. The van der Waals surface area contributed by atoms with E-state index < -0.39 is 9.84 Å². The second kappa shape index (κ2) is 3.73. The van der Waals surface area contributed by atoms with Crippen molar-refractivity contribution in [2.75, 3.05) is 6.54 Å². The van der Waals surface area contributed by atoms with Crippen LogP contribution in [0.3, 0.4) is 0 Å². The van der Waals surface area contributed by atoms with Gasteiger partial charge >= 0.3 is 0 Å². The van der Waals surface area contributed by atoms with Gasteiger partial charge in [0.1, 0.15) is 0 Å². The van der Waals surface area contributed by atoms with Gasteiger partial charge in [0.15, 0.2) is 0 Å². The van der Waals surface area contributed by atoms with Crippen LogP contribution in [0.4, 0.5) is 0 Å². The smallest absolute Gasteiger partial charge is 0.204 e. The van der Waals surface area contributed by atoms with Crippen molar-refractivity contribution in [3.05, 3.63) is 33.1 Å². The molecule has 0 fully saturated rings. The van der Waals surface area contributed by atoms with Gasteiger partial charge in [-0.1, -0.05) is 12.1 Å². The van der Waals surface area contributed by atoms with Gasteiger partial charge in [-0.15, -0.1) is 0 Å². The molecule has 1 heterocycles. The largest absolute Gasteiger partial charge is 0.330 e. The Morgan fingerprint density at radius 3 is 2.67 bits per heavy atom. The predicted octanol–water partition coefficient (Wildman–Crippen LogP) is 1.93. The summed E-state index contributed by atoms with van der Waals surface area (Å²) in [4.78, 5) is 0.778. The quantitative estimate of drug-likeness (QED) is 0.904. The molecule has 2 rings (SSSR count). The van der Waals surface area contributed by atoms with Crippen molar-refractivity contribution in [3.8, 4) is 0 Å². The van der Waals surface area contributed by atoms with Gasteiger partial charge < -0.3 is 5.73 Å². The molecule has 0 spiro atoms. The molecule has 1 aromatic rings. The highest BCUT2D eigenvalue weighted by atomic mass is 79.9. The molecule has 2 N–H and O–H groups in total. The van der Waals surface area contributed by atoms with E-state index in [4.69, 9.17) is 5.73 Å². The number of fused-ring (bicyclic) bond motifs is 1. The Kier molecular flexibility index (Phi) is 2.70. The SMILES string of the molecule is NCCC1=Cc2cccc(Br)c2S1(=O)=O. The van der Waals surface area contributed by atoms with Crippen LogP contribution in [0, 0.1) is 0 Å². The lowest BCUT2D eigenvalue weighted by Crippen LogP contribution is -2.07. The number of benzene rings is 1. The highest BCUT2D eigenvalue weighted by molar-refractivity contribution is 9.10. The highest BCUT2D eigenvalue weighted by Crippen LogP contribution is 2.38. The van der Waals surface area contributed by atoms with Crippen LogP contribution in [0.2, 0.25) is 0 Å². The number of hydrogen-bond donors (Lipinski definition) is 1. The van der Waals surface area contributed by atoms with Crippen molar-refractivity contribution >= 4 is 31.8 Å². The summed E-state index contributed by atoms with van der Waals surface area (Å²) < 4.78 is 24.7. The summed E-state index contributed by atoms with van der Waals surface area (Å²) in [5, 5.41) is 0. The maximum Gasteiger partial charge on any atom is 0.204 e. The maximum absolute atomic E-state index is 12.0. The number of rotatable bonds is 2. The fraction of sp³-hybridized carbons (Fsp3) is 0.200. The Bertz CT molecular complexity index is 534. The fourth-order valence-electron chi connectivity index (χ4n) is 1.65. The molecule has 0 aliphatic carbocycles. The summed E-state index contributed by atoms with van der Waals surface area (Å²) >= 11 is 3.26. The van der Waals surface area contributed by atoms with Crippen LogP contribution in [-0.4, -0.2) is 15.0 Å². The number of hydrogen-bond acceptors (Lipinski definition) is 3. The van der Waals surface area contributed by atoms with Crippen molar-refractivity contribution < 1.29 is 8.42 Å². The molecule has 0 amide bonds. The molecule has 5 heteroatoms. The van der Waals surface area contributed by atoms with Gasteiger partial charge in [-0.2, -0.15) is 0 Å². The summed E-state index contributed by atoms with van der Waals surface area (Å²) in [6.07, 6.45) is 2.09. The molecule has 1 aliphatic rings. The van der Waals surface area contributed by atoms with Crippen LogP contribution in [0.1, 0.15) is 12.0 Å². The van der Waals surface area contributed by atoms with E-state index in [2.05, 4.69) is 15.9 Å². The van der Waals surface area contributed by atoms with Gasteiger partial charge in [0, 0.05) is 4.47 Å². The third kappa shape index (κ3) is 1.64. The van der Waals surface area contributed by atoms with E-state index in [1.165, 1.54) is 0 Å². The Morgan fingerprint density at radius 1 is 1.33 bits per heavy atom. The van der Waals surface area contributed by atoms with Crippen LogP contribution < -0.4 is 5.73 Å². The lowest BCUT2D eigenvalue weighted by atomic mass is 10.2. The van der Waals surface area contributed by atoms with Crippen molar-refractivity contribution in [1.82, 2.24) is 0 Å². The molecule has 0 saturated carbocycles. The van der Waals surface area contributed by atoms with Crippen molar-refractivity contribution in [3.63, 3.8) is 0 Å². The molecule has 1 aromatic carbocycles. The van der Waals surface area contributed by atoms with E-state index in [1.54, 1.807) is 18.2 Å². The van der Waals surface area contributed by atoms with Crippen LogP contribution in [0.5, 0.6) is 0 Å². The summed E-state index contributed by atoms with van der Waals surface area (Å²) in [5.41, 5.74) is 6.13. The summed E-state index contributed by atoms with van der Waals surface area (Å²) in [6, 6.07) is 5.34. The van der Waals surface area contributed by atoms with Crippen LogP contribution in [0.25, 0.3) is 6.08 Å². The topological polar surface area (TPSA) is 60.2 Å². The van der Waals surface area contributed by atoms with E-state index in [9.17, 15) is 8.42 Å². The summed E-state index contributed by atoms with van der Waals surface area (Å²) in [6.45, 7) is 0.344. The van der Waals surface area contributed by atoms with Crippen molar-refractivity contribution in [2.45, 2.75) is 11.3 Å². The lowest BCUT2D eigenvalue weighted by Gasteiger charge is -2.03. The third-order valence-electron chi connectivity index (χ3n) is 2.32. The van der Waals surface area contributed by atoms with E-state index >= 15 is 0 Å². The molecule has 15 heavy (non-hydrogen) atoms. The minimum absolute atomic E-state index is 0.344. The standard InChI is InChI=1S/C10H10BrNO2S/c11-9-3-1-2-7-6-8(4-5-12)15(13,14)10(7)9/h1-3,6H,4-5,12H2. The average Bonchev–Trinajstić information content (AvgIpc) is 2.40. The summed E-state index contributed by atoms with van der Waals surface area (Å²) in [5.74, 6) is 0. The van der Waals surface area contributed by atoms with Gasteiger partial charge in [-0.3, -0.25) is 0 Å². The highest BCUT2D eigenvalue weighted by Gasteiger charge is 2.30. The normalized spacial score (nSPS) is 17.3. The molecule has 0 atom stereocenters. The van der Waals surface area contributed by atoms with Gasteiger partial charge in [0.2, 0.25) is 9.84 Å². The van der Waals surface area contributed by atoms with Crippen molar-refractivity contribution in [1.29, 1.82) is 0 Å². The zero-order chi connectivity index (χ0) is 11.1. The molecule has 0 unspecified atom stereocenters. The third-order valence-corrected chi connectivity index (χ3v) is 5.25. The van der Waals surface area contributed by atoms with Gasteiger partial charge in [-0.25, -0.2) is 8.42 Å². The Balaban J connectivity index is 2.64. The molecule has 0 aromatic heterocycles.